The SMILES string of the molecule is CC(C)n1ncc2c(C(=O)N(C)Cc3ccc(OC(F)F)cc3)cc(C3CC3)nc21. The van der Waals surface area contributed by atoms with Crippen LogP contribution in [0.4, 0.5) is 8.78 Å². The van der Waals surface area contributed by atoms with Crippen LogP contribution in [0.3, 0.4) is 0 Å². The minimum Gasteiger partial charge on any atom is -0.435 e. The van der Waals surface area contributed by atoms with Crippen molar-refractivity contribution in [3.63, 3.8) is 0 Å². The number of pyridine rings is 1. The summed E-state index contributed by atoms with van der Waals surface area (Å²) >= 11 is 0. The Bertz CT molecular complexity index is 1060. The van der Waals surface area contributed by atoms with Gasteiger partial charge in [-0.3, -0.25) is 4.79 Å². The van der Waals surface area contributed by atoms with Crippen molar-refractivity contribution in [2.24, 2.45) is 0 Å². The minimum atomic E-state index is -2.86. The van der Waals surface area contributed by atoms with Crippen LogP contribution in [0, 0.1) is 0 Å². The quantitative estimate of drug-likeness (QED) is 0.559. The molecule has 1 fully saturated rings. The normalized spacial score (nSPS) is 14.0. The molecular weight excluding hydrogens is 390 g/mol. The van der Waals surface area contributed by atoms with Crippen molar-refractivity contribution in [3.05, 3.63) is 53.3 Å². The minimum absolute atomic E-state index is 0.0914. The van der Waals surface area contributed by atoms with Crippen molar-refractivity contribution in [2.45, 2.75) is 51.8 Å². The Morgan fingerprint density at radius 1 is 1.27 bits per heavy atom. The van der Waals surface area contributed by atoms with Crippen LogP contribution in [-0.4, -0.2) is 39.2 Å². The lowest BCUT2D eigenvalue weighted by Crippen LogP contribution is -2.26. The molecule has 2 aromatic heterocycles. The van der Waals surface area contributed by atoms with Gasteiger partial charge < -0.3 is 9.64 Å². The van der Waals surface area contributed by atoms with Gasteiger partial charge in [0.1, 0.15) is 5.75 Å². The average molecular weight is 414 g/mol. The van der Waals surface area contributed by atoms with Crippen LogP contribution in [0.2, 0.25) is 0 Å². The molecule has 0 bridgehead atoms. The molecule has 158 valence electrons. The average Bonchev–Trinajstić information content (AvgIpc) is 3.46. The van der Waals surface area contributed by atoms with Gasteiger partial charge in [0.05, 0.1) is 17.1 Å². The molecule has 1 aromatic carbocycles. The second-order valence-electron chi connectivity index (χ2n) is 7.97. The number of fused-ring (bicyclic) bond motifs is 1. The molecular formula is C22H24F2N4O2. The van der Waals surface area contributed by atoms with E-state index in [2.05, 4.69) is 9.84 Å². The molecule has 0 N–H and O–H groups in total. The number of aromatic nitrogens is 3. The van der Waals surface area contributed by atoms with E-state index in [9.17, 15) is 13.6 Å². The van der Waals surface area contributed by atoms with E-state index >= 15 is 0 Å². The lowest BCUT2D eigenvalue weighted by atomic mass is 10.1. The second-order valence-corrected chi connectivity index (χ2v) is 7.97. The lowest BCUT2D eigenvalue weighted by molar-refractivity contribution is -0.0498. The zero-order valence-corrected chi connectivity index (χ0v) is 17.2. The fourth-order valence-electron chi connectivity index (χ4n) is 3.51. The number of alkyl halides is 2. The highest BCUT2D eigenvalue weighted by Crippen LogP contribution is 2.40. The number of benzene rings is 1. The number of carbonyl (C=O) groups is 1. The zero-order chi connectivity index (χ0) is 21.4. The number of ether oxygens (including phenoxy) is 1. The van der Waals surface area contributed by atoms with Crippen LogP contribution in [0.5, 0.6) is 5.75 Å². The van der Waals surface area contributed by atoms with Gasteiger partial charge >= 0.3 is 6.61 Å². The molecule has 30 heavy (non-hydrogen) atoms. The van der Waals surface area contributed by atoms with Gasteiger partial charge in [0.15, 0.2) is 5.65 Å². The Hall–Kier alpha value is -3.03. The van der Waals surface area contributed by atoms with Crippen molar-refractivity contribution < 1.29 is 18.3 Å². The molecule has 3 aromatic rings. The van der Waals surface area contributed by atoms with Crippen LogP contribution < -0.4 is 4.74 Å². The van der Waals surface area contributed by atoms with Crippen LogP contribution in [0.15, 0.2) is 36.5 Å². The number of nitrogens with zero attached hydrogens (tertiary/aromatic N) is 4. The first-order chi connectivity index (χ1) is 14.3. The van der Waals surface area contributed by atoms with Crippen molar-refractivity contribution >= 4 is 16.9 Å². The molecule has 0 unspecified atom stereocenters. The third-order valence-electron chi connectivity index (χ3n) is 5.22. The maximum Gasteiger partial charge on any atom is 0.387 e. The van der Waals surface area contributed by atoms with Gasteiger partial charge in [-0.1, -0.05) is 12.1 Å². The van der Waals surface area contributed by atoms with Crippen molar-refractivity contribution in [3.8, 4) is 5.75 Å². The van der Waals surface area contributed by atoms with E-state index in [1.165, 1.54) is 12.1 Å². The molecule has 0 spiro atoms. The molecule has 4 rings (SSSR count). The number of amides is 1. The lowest BCUT2D eigenvalue weighted by Gasteiger charge is -2.19. The maximum atomic E-state index is 13.3. The molecule has 6 nitrogen and oxygen atoms in total. The molecule has 1 amide bonds. The number of hydrogen-bond acceptors (Lipinski definition) is 4. The van der Waals surface area contributed by atoms with Crippen molar-refractivity contribution in [2.75, 3.05) is 7.05 Å². The summed E-state index contributed by atoms with van der Waals surface area (Å²) < 4.78 is 30.8. The summed E-state index contributed by atoms with van der Waals surface area (Å²) in [6.07, 6.45) is 3.88. The maximum absolute atomic E-state index is 13.3. The van der Waals surface area contributed by atoms with Gasteiger partial charge in [0.25, 0.3) is 5.91 Å². The van der Waals surface area contributed by atoms with Gasteiger partial charge in [-0.05, 0) is 50.5 Å². The Labute approximate surface area is 173 Å². The molecule has 1 saturated carbocycles. The molecule has 0 saturated heterocycles. The largest absolute Gasteiger partial charge is 0.435 e. The standard InChI is InChI=1S/C22H24F2N4O2/c1-13(2)28-20-18(11-25-28)17(10-19(26-20)15-6-7-15)21(29)27(3)12-14-4-8-16(9-5-14)30-22(23)24/h4-5,8-11,13,15,22H,6-7,12H2,1-3H3. The van der Waals surface area contributed by atoms with E-state index in [0.717, 1.165) is 35.1 Å². The predicted molar refractivity (Wildman–Crippen MR) is 109 cm³/mol. The predicted octanol–water partition coefficient (Wildman–Crippen LogP) is 4.76. The van der Waals surface area contributed by atoms with Gasteiger partial charge in [0.2, 0.25) is 0 Å². The van der Waals surface area contributed by atoms with E-state index in [-0.39, 0.29) is 17.7 Å². The summed E-state index contributed by atoms with van der Waals surface area (Å²) in [7, 11) is 1.72. The topological polar surface area (TPSA) is 60.2 Å². The molecule has 2 heterocycles. The van der Waals surface area contributed by atoms with Gasteiger partial charge in [0, 0.05) is 31.2 Å². The van der Waals surface area contributed by atoms with Crippen molar-refractivity contribution in [1.82, 2.24) is 19.7 Å². The van der Waals surface area contributed by atoms with Gasteiger partial charge in [-0.2, -0.15) is 13.9 Å². The molecule has 1 aliphatic carbocycles. The highest BCUT2D eigenvalue weighted by molar-refractivity contribution is 6.05. The first-order valence-corrected chi connectivity index (χ1v) is 10.0. The number of hydrogen-bond donors (Lipinski definition) is 0. The van der Waals surface area contributed by atoms with Crippen LogP contribution >= 0.6 is 0 Å². The Kier molecular flexibility index (Phi) is 5.40. The van der Waals surface area contributed by atoms with E-state index in [4.69, 9.17) is 4.98 Å². The van der Waals surface area contributed by atoms with E-state index in [0.29, 0.717) is 18.0 Å². The van der Waals surface area contributed by atoms with E-state index in [1.54, 1.807) is 30.3 Å². The van der Waals surface area contributed by atoms with Crippen LogP contribution in [0.1, 0.15) is 60.3 Å². The summed E-state index contributed by atoms with van der Waals surface area (Å²) in [4.78, 5) is 19.7. The monoisotopic (exact) mass is 414 g/mol. The first kappa shape index (κ1) is 20.3. The first-order valence-electron chi connectivity index (χ1n) is 10.0. The number of halogens is 2. The smallest absolute Gasteiger partial charge is 0.387 e. The summed E-state index contributed by atoms with van der Waals surface area (Å²) in [5, 5.41) is 5.18. The summed E-state index contributed by atoms with van der Waals surface area (Å²) in [5.74, 6) is 0.374. The van der Waals surface area contributed by atoms with Crippen LogP contribution in [0.25, 0.3) is 11.0 Å². The Morgan fingerprint density at radius 3 is 2.57 bits per heavy atom. The molecule has 0 atom stereocenters. The highest BCUT2D eigenvalue weighted by atomic mass is 19.3. The highest BCUT2D eigenvalue weighted by Gasteiger charge is 2.29. The van der Waals surface area contributed by atoms with Crippen LogP contribution in [-0.2, 0) is 6.54 Å². The Balaban J connectivity index is 1.60. The van der Waals surface area contributed by atoms with Gasteiger partial charge in [-0.15, -0.1) is 0 Å². The number of carbonyl (C=O) groups excluding carboxylic acids is 1. The molecule has 0 radical (unpaired) electrons. The third kappa shape index (κ3) is 4.13. The van der Waals surface area contributed by atoms with E-state index < -0.39 is 6.61 Å². The molecule has 8 heteroatoms. The fraction of sp³-hybridized carbons (Fsp3) is 0.409. The molecule has 1 aliphatic rings. The Morgan fingerprint density at radius 2 is 1.97 bits per heavy atom. The summed E-state index contributed by atoms with van der Waals surface area (Å²) in [6.45, 7) is 1.55. The third-order valence-corrected chi connectivity index (χ3v) is 5.22. The zero-order valence-electron chi connectivity index (χ0n) is 17.2. The van der Waals surface area contributed by atoms with Gasteiger partial charge in [-0.25, -0.2) is 9.67 Å². The number of rotatable bonds is 7. The molecule has 0 aliphatic heterocycles. The summed E-state index contributed by atoms with van der Waals surface area (Å²) in [5.41, 5.74) is 3.09. The van der Waals surface area contributed by atoms with Crippen molar-refractivity contribution in [1.29, 1.82) is 0 Å². The summed E-state index contributed by atoms with van der Waals surface area (Å²) in [6, 6.07) is 8.33. The second kappa shape index (κ2) is 8.01. The van der Waals surface area contributed by atoms with E-state index in [1.807, 2.05) is 24.6 Å². The fourth-order valence-corrected chi connectivity index (χ4v) is 3.51.